The van der Waals surface area contributed by atoms with Crippen LogP contribution >= 0.6 is 0 Å². The average Bonchev–Trinajstić information content (AvgIpc) is 2.92. The molecule has 39 heavy (non-hydrogen) atoms. The molecule has 0 radical (unpaired) electrons. The van der Waals surface area contributed by atoms with Crippen LogP contribution < -0.4 is 19.5 Å². The molecule has 0 heterocycles. The van der Waals surface area contributed by atoms with Gasteiger partial charge in [0, 0.05) is 11.4 Å². The van der Waals surface area contributed by atoms with Gasteiger partial charge in [-0.05, 0) is 80.1 Å². The first-order valence-electron chi connectivity index (χ1n) is 11.7. The van der Waals surface area contributed by atoms with E-state index < -0.39 is 34.5 Å². The molecule has 0 fully saturated rings. The van der Waals surface area contributed by atoms with Crippen LogP contribution in [-0.2, 0) is 24.3 Å². The Morgan fingerprint density at radius 1 is 0.795 bits per heavy atom. The minimum Gasteiger partial charge on any atom is -0.494 e. The Morgan fingerprint density at radius 3 is 1.95 bits per heavy atom. The van der Waals surface area contributed by atoms with Gasteiger partial charge < -0.3 is 24.3 Å². The molecule has 2 N–H and O–H groups in total. The molecular weight excluding hydrogens is 528 g/mol. The molecule has 0 aliphatic rings. The molecule has 0 bridgehead atoms. The molecule has 0 atom stereocenters. The molecule has 11 nitrogen and oxygen atoms in total. The summed E-state index contributed by atoms with van der Waals surface area (Å²) < 4.78 is 48.5. The second-order valence-corrected chi connectivity index (χ2v) is 9.79. The summed E-state index contributed by atoms with van der Waals surface area (Å²) in [4.78, 5) is 36.4. The standard InChI is InChI=1S/C27H28N2O9S/c1-5-37-22-8-6-20(7-9-22)29-39(33,34)23-10-11-24(17(2)12-23)38-16-25(30)28-21-14-18(26(31)35-3)13-19(15-21)27(32)36-4/h6-15,29H,5,16H2,1-4H3,(H,28,30). The van der Waals surface area contributed by atoms with Crippen LogP contribution in [0.1, 0.15) is 33.2 Å². The number of carbonyl (C=O) groups is 3. The molecule has 3 rings (SSSR count). The molecule has 0 saturated carbocycles. The van der Waals surface area contributed by atoms with Gasteiger partial charge in [0.25, 0.3) is 15.9 Å². The molecule has 0 saturated heterocycles. The van der Waals surface area contributed by atoms with Gasteiger partial charge in [0.05, 0.1) is 36.8 Å². The number of aryl methyl sites for hydroxylation is 1. The van der Waals surface area contributed by atoms with Gasteiger partial charge in [-0.3, -0.25) is 9.52 Å². The number of hydrogen-bond acceptors (Lipinski definition) is 9. The summed E-state index contributed by atoms with van der Waals surface area (Å²) in [5.41, 5.74) is 1.11. The lowest BCUT2D eigenvalue weighted by Crippen LogP contribution is -2.21. The van der Waals surface area contributed by atoms with Crippen LogP contribution in [-0.4, -0.2) is 53.7 Å². The van der Waals surface area contributed by atoms with Gasteiger partial charge >= 0.3 is 11.9 Å². The number of ether oxygens (including phenoxy) is 4. The lowest BCUT2D eigenvalue weighted by atomic mass is 10.1. The molecular formula is C27H28N2O9S. The number of methoxy groups -OCH3 is 2. The van der Waals surface area contributed by atoms with Crippen molar-refractivity contribution in [2.75, 3.05) is 37.5 Å². The van der Waals surface area contributed by atoms with E-state index >= 15 is 0 Å². The van der Waals surface area contributed by atoms with E-state index in [9.17, 15) is 22.8 Å². The lowest BCUT2D eigenvalue weighted by Gasteiger charge is -2.13. The third kappa shape index (κ3) is 7.71. The predicted molar refractivity (Wildman–Crippen MR) is 143 cm³/mol. The van der Waals surface area contributed by atoms with Crippen molar-refractivity contribution in [3.8, 4) is 11.5 Å². The van der Waals surface area contributed by atoms with Crippen LogP contribution in [0, 0.1) is 6.92 Å². The van der Waals surface area contributed by atoms with Crippen LogP contribution in [0.2, 0.25) is 0 Å². The third-order valence-electron chi connectivity index (χ3n) is 5.29. The van der Waals surface area contributed by atoms with E-state index in [0.717, 1.165) is 0 Å². The zero-order valence-corrected chi connectivity index (χ0v) is 22.6. The van der Waals surface area contributed by atoms with Crippen molar-refractivity contribution in [1.29, 1.82) is 0 Å². The van der Waals surface area contributed by atoms with Gasteiger partial charge in [0.1, 0.15) is 11.5 Å². The molecule has 1 amide bonds. The molecule has 3 aromatic carbocycles. The van der Waals surface area contributed by atoms with Crippen molar-refractivity contribution in [2.45, 2.75) is 18.7 Å². The van der Waals surface area contributed by atoms with Crippen LogP contribution in [0.5, 0.6) is 11.5 Å². The van der Waals surface area contributed by atoms with E-state index in [4.69, 9.17) is 9.47 Å². The Morgan fingerprint density at radius 2 is 1.41 bits per heavy atom. The van der Waals surface area contributed by atoms with E-state index in [1.54, 1.807) is 31.2 Å². The molecule has 206 valence electrons. The van der Waals surface area contributed by atoms with Crippen LogP contribution in [0.4, 0.5) is 11.4 Å². The van der Waals surface area contributed by atoms with Crippen molar-refractivity contribution >= 4 is 39.2 Å². The summed E-state index contributed by atoms with van der Waals surface area (Å²) >= 11 is 0. The van der Waals surface area contributed by atoms with E-state index in [1.807, 2.05) is 6.92 Å². The number of anilines is 2. The summed E-state index contributed by atoms with van der Waals surface area (Å²) in [5.74, 6) is -1.06. The maximum absolute atomic E-state index is 12.8. The molecule has 0 aromatic heterocycles. The number of rotatable bonds is 11. The average molecular weight is 557 g/mol. The zero-order valence-electron chi connectivity index (χ0n) is 21.8. The second-order valence-electron chi connectivity index (χ2n) is 8.11. The van der Waals surface area contributed by atoms with Gasteiger partial charge in [-0.15, -0.1) is 0 Å². The van der Waals surface area contributed by atoms with Crippen LogP contribution in [0.25, 0.3) is 0 Å². The molecule has 12 heteroatoms. The second kappa shape index (κ2) is 12.8. The van der Waals surface area contributed by atoms with Gasteiger partial charge in [-0.2, -0.15) is 0 Å². The highest BCUT2D eigenvalue weighted by Crippen LogP contribution is 2.25. The van der Waals surface area contributed by atoms with Gasteiger partial charge in [0.15, 0.2) is 6.61 Å². The van der Waals surface area contributed by atoms with Gasteiger partial charge in [0.2, 0.25) is 0 Å². The van der Waals surface area contributed by atoms with Gasteiger partial charge in [-0.1, -0.05) is 0 Å². The minimum atomic E-state index is -3.88. The first-order valence-corrected chi connectivity index (χ1v) is 13.1. The number of hydrogen-bond donors (Lipinski definition) is 2. The topological polar surface area (TPSA) is 146 Å². The smallest absolute Gasteiger partial charge is 0.337 e. The summed E-state index contributed by atoms with van der Waals surface area (Å²) in [6.07, 6.45) is 0. The molecule has 0 aliphatic heterocycles. The van der Waals surface area contributed by atoms with Crippen molar-refractivity contribution in [1.82, 2.24) is 0 Å². The molecule has 0 aliphatic carbocycles. The lowest BCUT2D eigenvalue weighted by molar-refractivity contribution is -0.118. The summed E-state index contributed by atoms with van der Waals surface area (Å²) in [7, 11) is -1.50. The number of sulfonamides is 1. The van der Waals surface area contributed by atoms with Crippen molar-refractivity contribution in [3.05, 3.63) is 77.4 Å². The SMILES string of the molecule is CCOc1ccc(NS(=O)(=O)c2ccc(OCC(=O)Nc3cc(C(=O)OC)cc(C(=O)OC)c3)c(C)c2)cc1. The van der Waals surface area contributed by atoms with Gasteiger partial charge in [-0.25, -0.2) is 18.0 Å². The van der Waals surface area contributed by atoms with Crippen molar-refractivity contribution in [3.63, 3.8) is 0 Å². The Labute approximate surface area is 226 Å². The molecule has 0 unspecified atom stereocenters. The first kappa shape index (κ1) is 29.0. The Bertz CT molecular complexity index is 1430. The maximum Gasteiger partial charge on any atom is 0.337 e. The Balaban J connectivity index is 1.67. The van der Waals surface area contributed by atoms with Crippen molar-refractivity contribution < 1.29 is 41.7 Å². The maximum atomic E-state index is 12.8. The number of esters is 2. The number of carbonyl (C=O) groups excluding carboxylic acids is 3. The first-order chi connectivity index (χ1) is 18.6. The molecule has 3 aromatic rings. The third-order valence-corrected chi connectivity index (χ3v) is 6.67. The monoisotopic (exact) mass is 556 g/mol. The van der Waals surface area contributed by atoms with E-state index in [2.05, 4.69) is 19.5 Å². The summed E-state index contributed by atoms with van der Waals surface area (Å²) in [6, 6.07) is 14.7. The van der Waals surface area contributed by atoms with Crippen LogP contribution in [0.15, 0.2) is 65.6 Å². The Kier molecular flexibility index (Phi) is 9.50. The number of benzene rings is 3. The predicted octanol–water partition coefficient (Wildman–Crippen LogP) is 3.79. The molecule has 0 spiro atoms. The highest BCUT2D eigenvalue weighted by atomic mass is 32.2. The Hall–Kier alpha value is -4.58. The van der Waals surface area contributed by atoms with Crippen molar-refractivity contribution in [2.24, 2.45) is 0 Å². The van der Waals surface area contributed by atoms with Crippen LogP contribution in [0.3, 0.4) is 0 Å². The van der Waals surface area contributed by atoms with E-state index in [-0.39, 0.29) is 21.7 Å². The minimum absolute atomic E-state index is 0.0145. The highest BCUT2D eigenvalue weighted by molar-refractivity contribution is 7.92. The van der Waals surface area contributed by atoms with E-state index in [0.29, 0.717) is 29.4 Å². The number of nitrogens with one attached hydrogen (secondary N) is 2. The highest BCUT2D eigenvalue weighted by Gasteiger charge is 2.18. The quantitative estimate of drug-likeness (QED) is 0.337. The number of amides is 1. The fourth-order valence-corrected chi connectivity index (χ4v) is 4.61. The van der Waals surface area contributed by atoms with E-state index in [1.165, 1.54) is 50.6 Å². The fraction of sp³-hybridized carbons (Fsp3) is 0.222. The summed E-state index contributed by atoms with van der Waals surface area (Å²) in [5, 5.41) is 2.55. The fourth-order valence-electron chi connectivity index (χ4n) is 3.46. The summed E-state index contributed by atoms with van der Waals surface area (Å²) in [6.45, 7) is 3.57. The zero-order chi connectivity index (χ0) is 28.6. The largest absolute Gasteiger partial charge is 0.494 e. The normalized spacial score (nSPS) is 10.8.